The number of hydrogen-bond donors (Lipinski definition) is 1. The van der Waals surface area contributed by atoms with Crippen LogP contribution in [0.1, 0.15) is 18.0 Å². The average molecular weight is 202 g/mol. The lowest BCUT2D eigenvalue weighted by Crippen LogP contribution is -2.08. The lowest BCUT2D eigenvalue weighted by Gasteiger charge is -2.08. The van der Waals surface area contributed by atoms with Crippen molar-refractivity contribution in [2.24, 2.45) is 5.73 Å². The first-order chi connectivity index (χ1) is 6.83. The van der Waals surface area contributed by atoms with Crippen LogP contribution in [0.25, 0.3) is 10.1 Å². The Kier molecular flexibility index (Phi) is 2.49. The van der Waals surface area contributed by atoms with Gasteiger partial charge in [0.1, 0.15) is 0 Å². The van der Waals surface area contributed by atoms with Crippen molar-refractivity contribution < 1.29 is 0 Å². The third kappa shape index (κ3) is 1.50. The third-order valence-corrected chi connectivity index (χ3v) is 3.20. The Morgan fingerprint density at radius 2 is 2.29 bits per heavy atom. The number of rotatable bonds is 2. The Balaban J connectivity index is 2.51. The lowest BCUT2D eigenvalue weighted by molar-refractivity contribution is 0.756. The van der Waals surface area contributed by atoms with Crippen molar-refractivity contribution in [1.29, 1.82) is 5.26 Å². The van der Waals surface area contributed by atoms with Gasteiger partial charge >= 0.3 is 0 Å². The maximum atomic E-state index is 8.59. The largest absolute Gasteiger partial charge is 0.323 e. The van der Waals surface area contributed by atoms with Gasteiger partial charge < -0.3 is 5.73 Å². The number of nitrogens with two attached hydrogens (primary N) is 1. The van der Waals surface area contributed by atoms with E-state index in [1.165, 1.54) is 10.1 Å². The predicted molar refractivity (Wildman–Crippen MR) is 59.0 cm³/mol. The van der Waals surface area contributed by atoms with Gasteiger partial charge in [-0.2, -0.15) is 5.26 Å². The molecule has 0 fully saturated rings. The van der Waals surface area contributed by atoms with Crippen molar-refractivity contribution in [2.75, 3.05) is 0 Å². The van der Waals surface area contributed by atoms with Gasteiger partial charge in [-0.05, 0) is 22.4 Å². The highest BCUT2D eigenvalue weighted by Gasteiger charge is 2.09. The molecule has 2 N–H and O–H groups in total. The van der Waals surface area contributed by atoms with Crippen molar-refractivity contribution in [3.63, 3.8) is 0 Å². The normalized spacial score (nSPS) is 12.6. The second kappa shape index (κ2) is 3.79. The SMILES string of the molecule is N#CCC(N)c1cccc2ccsc12. The summed E-state index contributed by atoms with van der Waals surface area (Å²) in [6.07, 6.45) is 0.372. The number of thiophene rings is 1. The third-order valence-electron chi connectivity index (χ3n) is 2.22. The zero-order valence-corrected chi connectivity index (χ0v) is 8.42. The zero-order chi connectivity index (χ0) is 9.97. The molecule has 1 aromatic heterocycles. The molecule has 0 bridgehead atoms. The van der Waals surface area contributed by atoms with Gasteiger partial charge in [-0.25, -0.2) is 0 Å². The molecule has 14 heavy (non-hydrogen) atoms. The van der Waals surface area contributed by atoms with E-state index < -0.39 is 0 Å². The second-order valence-corrected chi connectivity index (χ2v) is 4.07. The van der Waals surface area contributed by atoms with E-state index in [0.29, 0.717) is 6.42 Å². The molecule has 0 aliphatic carbocycles. The van der Waals surface area contributed by atoms with Crippen molar-refractivity contribution in [3.05, 3.63) is 35.2 Å². The van der Waals surface area contributed by atoms with E-state index >= 15 is 0 Å². The molecule has 2 rings (SSSR count). The van der Waals surface area contributed by atoms with Crippen LogP contribution < -0.4 is 5.73 Å². The molecule has 0 aliphatic heterocycles. The fourth-order valence-corrected chi connectivity index (χ4v) is 2.49. The monoisotopic (exact) mass is 202 g/mol. The molecule has 0 spiro atoms. The van der Waals surface area contributed by atoms with E-state index in [-0.39, 0.29) is 6.04 Å². The minimum absolute atomic E-state index is 0.164. The molecular weight excluding hydrogens is 192 g/mol. The summed E-state index contributed by atoms with van der Waals surface area (Å²) in [6.45, 7) is 0. The summed E-state index contributed by atoms with van der Waals surface area (Å²) in [5, 5.41) is 11.9. The molecule has 0 radical (unpaired) electrons. The lowest BCUT2D eigenvalue weighted by atomic mass is 10.0. The van der Waals surface area contributed by atoms with Crippen LogP contribution in [0.4, 0.5) is 0 Å². The fourth-order valence-electron chi connectivity index (χ4n) is 1.52. The van der Waals surface area contributed by atoms with E-state index in [9.17, 15) is 0 Å². The summed E-state index contributed by atoms with van der Waals surface area (Å²) in [6, 6.07) is 10.1. The molecule has 0 amide bonds. The number of nitriles is 1. The Labute approximate surface area is 86.6 Å². The molecule has 1 atom stereocenters. The van der Waals surface area contributed by atoms with Gasteiger partial charge in [0.15, 0.2) is 0 Å². The molecule has 0 aliphatic rings. The minimum atomic E-state index is -0.164. The smallest absolute Gasteiger partial charge is 0.0641 e. The predicted octanol–water partition coefficient (Wildman–Crippen LogP) is 2.81. The van der Waals surface area contributed by atoms with Crippen LogP contribution in [-0.2, 0) is 0 Å². The van der Waals surface area contributed by atoms with Crippen molar-refractivity contribution in [2.45, 2.75) is 12.5 Å². The first-order valence-corrected chi connectivity index (χ1v) is 5.29. The van der Waals surface area contributed by atoms with Crippen LogP contribution in [-0.4, -0.2) is 0 Å². The molecule has 1 heterocycles. The van der Waals surface area contributed by atoms with Gasteiger partial charge in [-0.1, -0.05) is 18.2 Å². The summed E-state index contributed by atoms with van der Waals surface area (Å²) >= 11 is 1.68. The van der Waals surface area contributed by atoms with Gasteiger partial charge in [0, 0.05) is 10.7 Å². The molecular formula is C11H10N2S. The van der Waals surface area contributed by atoms with Crippen LogP contribution in [0, 0.1) is 11.3 Å². The Hall–Kier alpha value is -1.37. The zero-order valence-electron chi connectivity index (χ0n) is 7.60. The van der Waals surface area contributed by atoms with Crippen LogP contribution >= 0.6 is 11.3 Å². The number of nitrogens with zero attached hydrogens (tertiary/aromatic N) is 1. The Morgan fingerprint density at radius 3 is 3.07 bits per heavy atom. The highest BCUT2D eigenvalue weighted by Crippen LogP contribution is 2.28. The summed E-state index contributed by atoms with van der Waals surface area (Å²) in [5.74, 6) is 0. The number of benzene rings is 1. The number of hydrogen-bond acceptors (Lipinski definition) is 3. The molecule has 3 heteroatoms. The second-order valence-electron chi connectivity index (χ2n) is 3.15. The van der Waals surface area contributed by atoms with Crippen LogP contribution in [0.2, 0.25) is 0 Å². The minimum Gasteiger partial charge on any atom is -0.323 e. The van der Waals surface area contributed by atoms with E-state index in [1.54, 1.807) is 11.3 Å². The average Bonchev–Trinajstić information content (AvgIpc) is 2.65. The van der Waals surface area contributed by atoms with Gasteiger partial charge in [0.2, 0.25) is 0 Å². The van der Waals surface area contributed by atoms with Gasteiger partial charge in [0.25, 0.3) is 0 Å². The fraction of sp³-hybridized carbons (Fsp3) is 0.182. The molecule has 1 unspecified atom stereocenters. The molecule has 2 aromatic rings. The highest BCUT2D eigenvalue weighted by molar-refractivity contribution is 7.17. The van der Waals surface area contributed by atoms with Gasteiger partial charge in [-0.3, -0.25) is 0 Å². The Bertz CT molecular complexity index is 481. The van der Waals surface area contributed by atoms with Crippen LogP contribution in [0.5, 0.6) is 0 Å². The summed E-state index contributed by atoms with van der Waals surface area (Å²) in [7, 11) is 0. The Morgan fingerprint density at radius 1 is 1.43 bits per heavy atom. The highest BCUT2D eigenvalue weighted by atomic mass is 32.1. The van der Waals surface area contributed by atoms with Crippen LogP contribution in [0.3, 0.4) is 0 Å². The van der Waals surface area contributed by atoms with E-state index in [4.69, 9.17) is 11.0 Å². The van der Waals surface area contributed by atoms with Crippen LogP contribution in [0.15, 0.2) is 29.6 Å². The first kappa shape index (κ1) is 9.20. The van der Waals surface area contributed by atoms with Gasteiger partial charge in [0.05, 0.1) is 12.5 Å². The van der Waals surface area contributed by atoms with Crippen molar-refractivity contribution in [3.8, 4) is 6.07 Å². The quantitative estimate of drug-likeness (QED) is 0.814. The molecule has 0 saturated heterocycles. The topological polar surface area (TPSA) is 49.8 Å². The summed E-state index contributed by atoms with van der Waals surface area (Å²) in [4.78, 5) is 0. The van der Waals surface area contributed by atoms with E-state index in [1.807, 2.05) is 17.5 Å². The maximum Gasteiger partial charge on any atom is 0.0641 e. The molecule has 70 valence electrons. The maximum absolute atomic E-state index is 8.59. The van der Waals surface area contributed by atoms with Crippen molar-refractivity contribution in [1.82, 2.24) is 0 Å². The summed E-state index contributed by atoms with van der Waals surface area (Å²) < 4.78 is 1.20. The van der Waals surface area contributed by atoms with Crippen molar-refractivity contribution >= 4 is 21.4 Å². The molecule has 2 nitrogen and oxygen atoms in total. The summed E-state index contributed by atoms with van der Waals surface area (Å²) in [5.41, 5.74) is 7.00. The number of fused-ring (bicyclic) bond motifs is 1. The first-order valence-electron chi connectivity index (χ1n) is 4.41. The van der Waals surface area contributed by atoms with Gasteiger partial charge in [-0.15, -0.1) is 11.3 Å². The standard InChI is InChI=1S/C11H10N2S/c12-6-4-10(13)9-3-1-2-8-5-7-14-11(8)9/h1-3,5,7,10H,4,13H2. The molecule has 1 aromatic carbocycles. The van der Waals surface area contributed by atoms with E-state index in [0.717, 1.165) is 5.56 Å². The molecule has 0 saturated carbocycles. The van der Waals surface area contributed by atoms with E-state index in [2.05, 4.69) is 18.2 Å².